The first-order valence-corrected chi connectivity index (χ1v) is 6.01. The van der Waals surface area contributed by atoms with Gasteiger partial charge >= 0.3 is 5.97 Å². The van der Waals surface area contributed by atoms with E-state index in [9.17, 15) is 4.79 Å². The highest BCUT2D eigenvalue weighted by atomic mass is 16.4. The van der Waals surface area contributed by atoms with Crippen LogP contribution < -0.4 is 0 Å². The first-order valence-electron chi connectivity index (χ1n) is 6.01. The van der Waals surface area contributed by atoms with Gasteiger partial charge in [-0.3, -0.25) is 4.79 Å². The summed E-state index contributed by atoms with van der Waals surface area (Å²) >= 11 is 0. The quantitative estimate of drug-likeness (QED) is 0.736. The van der Waals surface area contributed by atoms with Crippen LogP contribution in [0.3, 0.4) is 0 Å². The average molecular weight is 213 g/mol. The molecule has 0 bridgehead atoms. The number of carbonyl (C=O) groups is 1. The van der Waals surface area contributed by atoms with Gasteiger partial charge in [0.2, 0.25) is 0 Å². The molecule has 1 saturated carbocycles. The van der Waals surface area contributed by atoms with E-state index in [0.29, 0.717) is 0 Å². The maximum absolute atomic E-state index is 10.5. The van der Waals surface area contributed by atoms with Crippen LogP contribution in [0.25, 0.3) is 0 Å². The van der Waals surface area contributed by atoms with Gasteiger partial charge < -0.3 is 10.0 Å². The van der Waals surface area contributed by atoms with Gasteiger partial charge in [-0.05, 0) is 32.9 Å². The van der Waals surface area contributed by atoms with E-state index in [1.807, 2.05) is 14.0 Å². The zero-order chi connectivity index (χ0) is 11.3. The second kappa shape index (κ2) is 6.11. The maximum atomic E-state index is 10.5. The minimum atomic E-state index is -0.699. The van der Waals surface area contributed by atoms with E-state index >= 15 is 0 Å². The monoisotopic (exact) mass is 213 g/mol. The summed E-state index contributed by atoms with van der Waals surface area (Å²) in [7, 11) is 2.03. The lowest BCUT2D eigenvalue weighted by atomic mass is 10.0. The van der Waals surface area contributed by atoms with Crippen molar-refractivity contribution in [2.45, 2.75) is 51.5 Å². The molecule has 0 heterocycles. The number of rotatable bonds is 6. The van der Waals surface area contributed by atoms with E-state index in [1.165, 1.54) is 32.1 Å². The molecule has 1 aliphatic carbocycles. The third kappa shape index (κ3) is 4.65. The molecule has 3 nitrogen and oxygen atoms in total. The van der Waals surface area contributed by atoms with E-state index in [4.69, 9.17) is 5.11 Å². The number of aliphatic carboxylic acids is 1. The number of hydrogen-bond donors (Lipinski definition) is 1. The van der Waals surface area contributed by atoms with E-state index in [2.05, 4.69) is 4.90 Å². The molecule has 1 unspecified atom stereocenters. The number of carboxylic acid groups (broad SMARTS) is 1. The molecule has 0 radical (unpaired) electrons. The Balaban J connectivity index is 2.16. The highest BCUT2D eigenvalue weighted by molar-refractivity contribution is 5.67. The Morgan fingerprint density at radius 2 is 2.07 bits per heavy atom. The van der Waals surface area contributed by atoms with Gasteiger partial charge in [-0.15, -0.1) is 0 Å². The Hall–Kier alpha value is -0.570. The molecule has 0 aromatic carbocycles. The third-order valence-electron chi connectivity index (χ3n) is 3.59. The number of carboxylic acids is 1. The van der Waals surface area contributed by atoms with Crippen LogP contribution in [0.15, 0.2) is 0 Å². The van der Waals surface area contributed by atoms with Gasteiger partial charge in [0.05, 0.1) is 6.42 Å². The second-order valence-electron chi connectivity index (χ2n) is 4.87. The number of nitrogens with zero attached hydrogens (tertiary/aromatic N) is 1. The average Bonchev–Trinajstić information content (AvgIpc) is 2.65. The Morgan fingerprint density at radius 1 is 1.47 bits per heavy atom. The molecule has 1 aliphatic rings. The van der Waals surface area contributed by atoms with E-state index in [0.717, 1.165) is 12.5 Å². The highest BCUT2D eigenvalue weighted by Crippen LogP contribution is 2.27. The molecule has 3 heteroatoms. The van der Waals surface area contributed by atoms with Crippen molar-refractivity contribution in [2.75, 3.05) is 13.6 Å². The lowest BCUT2D eigenvalue weighted by molar-refractivity contribution is -0.138. The Labute approximate surface area is 92.5 Å². The van der Waals surface area contributed by atoms with Crippen LogP contribution >= 0.6 is 0 Å². The zero-order valence-electron chi connectivity index (χ0n) is 9.91. The van der Waals surface area contributed by atoms with Crippen LogP contribution in [-0.2, 0) is 4.79 Å². The second-order valence-corrected chi connectivity index (χ2v) is 4.87. The van der Waals surface area contributed by atoms with Gasteiger partial charge in [0.25, 0.3) is 0 Å². The standard InChI is InChI=1S/C12H23NO2/c1-10(9-12(14)15)13(2)8-7-11-5-3-4-6-11/h10-11H,3-9H2,1-2H3,(H,14,15). The first kappa shape index (κ1) is 12.5. The summed E-state index contributed by atoms with van der Waals surface area (Å²) in [5, 5.41) is 8.69. The summed E-state index contributed by atoms with van der Waals surface area (Å²) < 4.78 is 0. The minimum Gasteiger partial charge on any atom is -0.481 e. The molecule has 0 aromatic rings. The molecule has 1 atom stereocenters. The summed E-state index contributed by atoms with van der Waals surface area (Å²) in [5.74, 6) is 0.194. The van der Waals surface area contributed by atoms with Crippen molar-refractivity contribution in [3.63, 3.8) is 0 Å². The Bertz CT molecular complexity index is 200. The topological polar surface area (TPSA) is 40.5 Å². The maximum Gasteiger partial charge on any atom is 0.304 e. The largest absolute Gasteiger partial charge is 0.481 e. The van der Waals surface area contributed by atoms with E-state index in [-0.39, 0.29) is 12.5 Å². The van der Waals surface area contributed by atoms with Crippen LogP contribution in [0.4, 0.5) is 0 Å². The predicted molar refractivity (Wildman–Crippen MR) is 60.9 cm³/mol. The van der Waals surface area contributed by atoms with Gasteiger partial charge in [-0.2, -0.15) is 0 Å². The smallest absolute Gasteiger partial charge is 0.304 e. The molecule has 1 rings (SSSR count). The van der Waals surface area contributed by atoms with Gasteiger partial charge in [0.15, 0.2) is 0 Å². The van der Waals surface area contributed by atoms with Crippen molar-refractivity contribution in [1.29, 1.82) is 0 Å². The highest BCUT2D eigenvalue weighted by Gasteiger charge is 2.17. The molecule has 1 N–H and O–H groups in total. The molecule has 0 spiro atoms. The fraction of sp³-hybridized carbons (Fsp3) is 0.917. The molecular formula is C12H23NO2. The fourth-order valence-corrected chi connectivity index (χ4v) is 2.31. The van der Waals surface area contributed by atoms with Crippen LogP contribution in [0.2, 0.25) is 0 Å². The summed E-state index contributed by atoms with van der Waals surface area (Å²) in [6, 6.07) is 0.156. The van der Waals surface area contributed by atoms with Gasteiger partial charge in [-0.25, -0.2) is 0 Å². The van der Waals surface area contributed by atoms with Crippen molar-refractivity contribution in [3.05, 3.63) is 0 Å². The Kier molecular flexibility index (Phi) is 5.09. The minimum absolute atomic E-state index is 0.156. The van der Waals surface area contributed by atoms with Crippen LogP contribution in [0.5, 0.6) is 0 Å². The zero-order valence-corrected chi connectivity index (χ0v) is 9.91. The van der Waals surface area contributed by atoms with Crippen LogP contribution in [0.1, 0.15) is 45.4 Å². The number of hydrogen-bond acceptors (Lipinski definition) is 2. The van der Waals surface area contributed by atoms with Crippen LogP contribution in [0, 0.1) is 5.92 Å². The molecule has 1 fully saturated rings. The normalized spacial score (nSPS) is 19.7. The summed E-state index contributed by atoms with van der Waals surface area (Å²) in [6.45, 7) is 3.03. The fourth-order valence-electron chi connectivity index (χ4n) is 2.31. The van der Waals surface area contributed by atoms with Crippen molar-refractivity contribution in [1.82, 2.24) is 4.90 Å². The van der Waals surface area contributed by atoms with E-state index < -0.39 is 5.97 Å². The van der Waals surface area contributed by atoms with E-state index in [1.54, 1.807) is 0 Å². The van der Waals surface area contributed by atoms with Crippen molar-refractivity contribution < 1.29 is 9.90 Å². The molecule has 88 valence electrons. The van der Waals surface area contributed by atoms with Crippen molar-refractivity contribution in [3.8, 4) is 0 Å². The summed E-state index contributed by atoms with van der Waals surface area (Å²) in [6.07, 6.45) is 7.02. The molecule has 15 heavy (non-hydrogen) atoms. The van der Waals surface area contributed by atoms with Crippen molar-refractivity contribution in [2.24, 2.45) is 5.92 Å². The lowest BCUT2D eigenvalue weighted by Crippen LogP contribution is -2.32. The predicted octanol–water partition coefficient (Wildman–Crippen LogP) is 2.36. The van der Waals surface area contributed by atoms with Gasteiger partial charge in [0.1, 0.15) is 0 Å². The molecule has 0 aromatic heterocycles. The molecule has 0 amide bonds. The van der Waals surface area contributed by atoms with Crippen LogP contribution in [-0.4, -0.2) is 35.6 Å². The first-order chi connectivity index (χ1) is 7.09. The lowest BCUT2D eigenvalue weighted by Gasteiger charge is -2.24. The van der Waals surface area contributed by atoms with Gasteiger partial charge in [0, 0.05) is 6.04 Å². The Morgan fingerprint density at radius 3 is 2.60 bits per heavy atom. The summed E-state index contributed by atoms with van der Waals surface area (Å²) in [5.41, 5.74) is 0. The van der Waals surface area contributed by atoms with Crippen molar-refractivity contribution >= 4 is 5.97 Å². The van der Waals surface area contributed by atoms with Gasteiger partial charge in [-0.1, -0.05) is 25.7 Å². The SMILES string of the molecule is CC(CC(=O)O)N(C)CCC1CCCC1. The third-order valence-corrected chi connectivity index (χ3v) is 3.59. The molecule has 0 saturated heterocycles. The molecule has 0 aliphatic heterocycles. The summed E-state index contributed by atoms with van der Waals surface area (Å²) in [4.78, 5) is 12.7. The molecular weight excluding hydrogens is 190 g/mol.